The fourth-order valence-corrected chi connectivity index (χ4v) is 2.43. The number of nitrogens with zero attached hydrogens (tertiary/aromatic N) is 2. The van der Waals surface area contributed by atoms with E-state index < -0.39 is 16.7 Å². The number of hydrogen-bond acceptors (Lipinski definition) is 6. The maximum absolute atomic E-state index is 12.1. The lowest BCUT2D eigenvalue weighted by molar-refractivity contribution is -0.385. The van der Waals surface area contributed by atoms with Crippen molar-refractivity contribution in [2.75, 3.05) is 0 Å². The summed E-state index contributed by atoms with van der Waals surface area (Å²) >= 11 is 5.77. The molecule has 0 bridgehead atoms. The van der Waals surface area contributed by atoms with Crippen LogP contribution in [0.4, 0.5) is 5.69 Å². The molecule has 29 heavy (non-hydrogen) atoms. The molecule has 0 aliphatic heterocycles. The van der Waals surface area contributed by atoms with Crippen molar-refractivity contribution in [3.63, 3.8) is 0 Å². The van der Waals surface area contributed by atoms with Crippen LogP contribution < -0.4 is 15.6 Å². The molecule has 0 saturated heterocycles. The highest BCUT2D eigenvalue weighted by molar-refractivity contribution is 6.30. The number of pyridine rings is 1. The van der Waals surface area contributed by atoms with Crippen LogP contribution in [0.2, 0.25) is 5.02 Å². The first kappa shape index (κ1) is 19.8. The van der Waals surface area contributed by atoms with Crippen molar-refractivity contribution < 1.29 is 19.2 Å². The molecule has 0 aliphatic rings. The number of benzene rings is 2. The van der Waals surface area contributed by atoms with Gasteiger partial charge in [0.05, 0.1) is 4.92 Å². The van der Waals surface area contributed by atoms with Gasteiger partial charge in [-0.25, -0.2) is 0 Å². The minimum absolute atomic E-state index is 0.0132. The van der Waals surface area contributed by atoms with Crippen LogP contribution in [-0.4, -0.2) is 21.7 Å². The summed E-state index contributed by atoms with van der Waals surface area (Å²) in [5.41, 5.74) is 4.64. The van der Waals surface area contributed by atoms with E-state index in [1.165, 1.54) is 54.7 Å². The zero-order valence-electron chi connectivity index (χ0n) is 14.7. The fourth-order valence-electron chi connectivity index (χ4n) is 2.27. The summed E-state index contributed by atoms with van der Waals surface area (Å²) in [5.74, 6) is -0.823. The third-order valence-electron chi connectivity index (χ3n) is 3.65. The van der Waals surface area contributed by atoms with E-state index in [1.54, 1.807) is 12.1 Å². The van der Waals surface area contributed by atoms with E-state index >= 15 is 0 Å². The summed E-state index contributed by atoms with van der Waals surface area (Å²) in [7, 11) is 0. The molecule has 0 fully saturated rings. The molecular weight excluding hydrogens is 400 g/mol. The number of hydrogen-bond donors (Lipinski definition) is 2. The van der Waals surface area contributed by atoms with E-state index in [9.17, 15) is 19.7 Å². The maximum Gasteiger partial charge on any atom is 0.313 e. The van der Waals surface area contributed by atoms with Gasteiger partial charge >= 0.3 is 5.69 Å². The number of ether oxygens (including phenoxy) is 1. The molecule has 0 atom stereocenters. The molecule has 10 heteroatoms. The van der Waals surface area contributed by atoms with Crippen LogP contribution in [0.5, 0.6) is 11.5 Å². The molecule has 0 saturated carbocycles. The van der Waals surface area contributed by atoms with Crippen molar-refractivity contribution >= 4 is 29.1 Å². The number of amides is 2. The topological polar surface area (TPSA) is 123 Å². The Kier molecular flexibility index (Phi) is 6.00. The number of carbonyl (C=O) groups excluding carboxylic acids is 2. The first-order chi connectivity index (χ1) is 13.9. The standard InChI is InChI=1S/C19H13ClN4O5/c20-13-6-9-17(16(11-13)24(27)28)29-14-7-4-12(5-8-14)18(25)22-23-19(26)15-3-1-2-10-21-15/h1-11H,(H,22,25)(H,23,26). The van der Waals surface area contributed by atoms with Gasteiger partial charge in [0.1, 0.15) is 11.4 Å². The number of nitro groups is 1. The molecule has 0 spiro atoms. The zero-order valence-corrected chi connectivity index (χ0v) is 15.4. The monoisotopic (exact) mass is 412 g/mol. The summed E-state index contributed by atoms with van der Waals surface area (Å²) < 4.78 is 5.51. The summed E-state index contributed by atoms with van der Waals surface area (Å²) in [6.07, 6.45) is 1.46. The molecule has 0 aliphatic carbocycles. The van der Waals surface area contributed by atoms with Gasteiger partial charge in [0.2, 0.25) is 5.75 Å². The van der Waals surface area contributed by atoms with E-state index in [0.29, 0.717) is 0 Å². The molecule has 0 unspecified atom stereocenters. The van der Waals surface area contributed by atoms with Crippen molar-refractivity contribution in [3.05, 3.63) is 93.3 Å². The highest BCUT2D eigenvalue weighted by Crippen LogP contribution is 2.33. The Hall–Kier alpha value is -3.98. The van der Waals surface area contributed by atoms with Gasteiger partial charge < -0.3 is 4.74 Å². The van der Waals surface area contributed by atoms with Crippen molar-refractivity contribution in [3.8, 4) is 11.5 Å². The minimum Gasteiger partial charge on any atom is -0.450 e. The van der Waals surface area contributed by atoms with Gasteiger partial charge in [0.25, 0.3) is 11.8 Å². The Morgan fingerprint density at radius 3 is 2.38 bits per heavy atom. The highest BCUT2D eigenvalue weighted by Gasteiger charge is 2.17. The number of halogens is 1. The number of nitro benzene ring substituents is 1. The van der Waals surface area contributed by atoms with Gasteiger partial charge in [-0.2, -0.15) is 0 Å². The SMILES string of the molecule is O=C(NNC(=O)c1ccccn1)c1ccc(Oc2ccc(Cl)cc2[N+](=O)[O-])cc1. The minimum atomic E-state index is -0.604. The molecule has 2 aromatic carbocycles. The molecule has 2 amide bonds. The average molecular weight is 413 g/mol. The van der Waals surface area contributed by atoms with E-state index in [1.807, 2.05) is 0 Å². The lowest BCUT2D eigenvalue weighted by atomic mass is 10.2. The van der Waals surface area contributed by atoms with Crippen LogP contribution in [-0.2, 0) is 0 Å². The normalized spacial score (nSPS) is 10.1. The van der Waals surface area contributed by atoms with E-state index in [-0.39, 0.29) is 33.5 Å². The zero-order chi connectivity index (χ0) is 20.8. The molecule has 146 valence electrons. The van der Waals surface area contributed by atoms with Crippen LogP contribution >= 0.6 is 11.6 Å². The molecule has 1 aromatic heterocycles. The van der Waals surface area contributed by atoms with Crippen LogP contribution in [0.25, 0.3) is 0 Å². The first-order valence-electron chi connectivity index (χ1n) is 8.17. The summed E-state index contributed by atoms with van der Waals surface area (Å²) in [6, 6.07) is 14.7. The number of aromatic nitrogens is 1. The number of nitrogens with one attached hydrogen (secondary N) is 2. The second-order valence-electron chi connectivity index (χ2n) is 5.62. The quantitative estimate of drug-likeness (QED) is 0.488. The molecule has 3 aromatic rings. The van der Waals surface area contributed by atoms with Crippen LogP contribution in [0, 0.1) is 10.1 Å². The van der Waals surface area contributed by atoms with Crippen LogP contribution in [0.1, 0.15) is 20.8 Å². The second kappa shape index (κ2) is 8.81. The van der Waals surface area contributed by atoms with E-state index in [0.717, 1.165) is 0 Å². The van der Waals surface area contributed by atoms with Gasteiger partial charge in [-0.05, 0) is 48.5 Å². The van der Waals surface area contributed by atoms with Crippen molar-refractivity contribution in [1.82, 2.24) is 15.8 Å². The predicted octanol–water partition coefficient (Wildman–Crippen LogP) is 3.51. The molecule has 9 nitrogen and oxygen atoms in total. The van der Waals surface area contributed by atoms with Gasteiger partial charge in [0, 0.05) is 22.8 Å². The summed E-state index contributed by atoms with van der Waals surface area (Å²) in [4.78, 5) is 38.4. The van der Waals surface area contributed by atoms with Gasteiger partial charge in [-0.3, -0.25) is 35.5 Å². The number of hydrazine groups is 1. The van der Waals surface area contributed by atoms with Gasteiger partial charge in [0.15, 0.2) is 0 Å². The maximum atomic E-state index is 12.1. The third-order valence-corrected chi connectivity index (χ3v) is 3.88. The Bertz CT molecular complexity index is 1060. The third kappa shape index (κ3) is 5.05. The predicted molar refractivity (Wildman–Crippen MR) is 104 cm³/mol. The van der Waals surface area contributed by atoms with Crippen LogP contribution in [0.3, 0.4) is 0 Å². The average Bonchev–Trinajstić information content (AvgIpc) is 2.74. The smallest absolute Gasteiger partial charge is 0.313 e. The summed E-state index contributed by atoms with van der Waals surface area (Å²) in [6.45, 7) is 0. The van der Waals surface area contributed by atoms with Crippen molar-refractivity contribution in [2.45, 2.75) is 0 Å². The Morgan fingerprint density at radius 2 is 1.72 bits per heavy atom. The first-order valence-corrected chi connectivity index (χ1v) is 8.55. The molecule has 1 heterocycles. The molecular formula is C19H13ClN4O5. The number of carbonyl (C=O) groups is 2. The molecule has 2 N–H and O–H groups in total. The Morgan fingerprint density at radius 1 is 1.00 bits per heavy atom. The fraction of sp³-hybridized carbons (Fsp3) is 0. The van der Waals surface area contributed by atoms with Gasteiger partial charge in [-0.15, -0.1) is 0 Å². The van der Waals surface area contributed by atoms with E-state index in [4.69, 9.17) is 16.3 Å². The molecule has 3 rings (SSSR count). The van der Waals surface area contributed by atoms with Gasteiger partial charge in [-0.1, -0.05) is 17.7 Å². The van der Waals surface area contributed by atoms with Crippen molar-refractivity contribution in [1.29, 1.82) is 0 Å². The molecule has 0 radical (unpaired) electrons. The Balaban J connectivity index is 1.64. The Labute approximate surface area is 169 Å². The number of rotatable bonds is 5. The lowest BCUT2D eigenvalue weighted by Crippen LogP contribution is -2.41. The highest BCUT2D eigenvalue weighted by atomic mass is 35.5. The summed E-state index contributed by atoms with van der Waals surface area (Å²) in [5, 5.41) is 11.3. The van der Waals surface area contributed by atoms with Crippen molar-refractivity contribution in [2.24, 2.45) is 0 Å². The lowest BCUT2D eigenvalue weighted by Gasteiger charge is -2.09. The van der Waals surface area contributed by atoms with E-state index in [2.05, 4.69) is 15.8 Å². The van der Waals surface area contributed by atoms with Crippen LogP contribution in [0.15, 0.2) is 66.9 Å². The second-order valence-corrected chi connectivity index (χ2v) is 6.06. The largest absolute Gasteiger partial charge is 0.450 e.